The monoisotopic (exact) mass is 674 g/mol. The van der Waals surface area contributed by atoms with Gasteiger partial charge in [0.1, 0.15) is 16.5 Å². The Morgan fingerprint density at radius 2 is 1.75 bits per heavy atom. The summed E-state index contributed by atoms with van der Waals surface area (Å²) >= 11 is 13.5. The third-order valence-corrected chi connectivity index (χ3v) is 9.45. The SMILES string of the molecule is NS(=O)(=O)c1ccc(Cc2c(-c3ccc(F)c(-c4cc(Cl)cc(Cl)c4)c3)nn(-c3nc(C(=O)O)cs3)c2CC2CC2)cc1F. The van der Waals surface area contributed by atoms with E-state index in [0.717, 1.165) is 42.0 Å². The smallest absolute Gasteiger partial charge is 0.355 e. The fraction of sp³-hybridized carbons (Fsp3) is 0.167. The minimum atomic E-state index is -4.27. The first-order chi connectivity index (χ1) is 20.9. The quantitative estimate of drug-likeness (QED) is 0.171. The van der Waals surface area contributed by atoms with Crippen molar-refractivity contribution in [3.8, 4) is 27.5 Å². The molecule has 1 fully saturated rings. The maximum atomic E-state index is 15.2. The number of nitrogens with zero attached hydrogens (tertiary/aromatic N) is 3. The Morgan fingerprint density at radius 1 is 1.02 bits per heavy atom. The lowest BCUT2D eigenvalue weighted by Crippen LogP contribution is -2.14. The van der Waals surface area contributed by atoms with E-state index in [-0.39, 0.29) is 17.7 Å². The van der Waals surface area contributed by atoms with Gasteiger partial charge in [0.15, 0.2) is 5.69 Å². The van der Waals surface area contributed by atoms with Crippen LogP contribution < -0.4 is 5.14 Å². The third-order valence-electron chi connectivity index (χ3n) is 7.26. The van der Waals surface area contributed by atoms with Crippen molar-refractivity contribution in [3.05, 3.63) is 104 Å². The van der Waals surface area contributed by atoms with E-state index in [1.165, 1.54) is 23.6 Å². The molecular weight excluding hydrogens is 653 g/mol. The van der Waals surface area contributed by atoms with Gasteiger partial charge in [0, 0.05) is 38.5 Å². The Labute approximate surface area is 264 Å². The Balaban J connectivity index is 1.55. The van der Waals surface area contributed by atoms with E-state index in [1.807, 2.05) is 0 Å². The number of carbonyl (C=O) groups is 1. The van der Waals surface area contributed by atoms with Crippen molar-refractivity contribution in [3.63, 3.8) is 0 Å². The molecule has 2 heterocycles. The molecule has 1 aliphatic carbocycles. The summed E-state index contributed by atoms with van der Waals surface area (Å²) in [4.78, 5) is 15.2. The molecule has 1 saturated carbocycles. The van der Waals surface area contributed by atoms with Crippen molar-refractivity contribution >= 4 is 50.5 Å². The zero-order chi connectivity index (χ0) is 31.3. The molecule has 3 N–H and O–H groups in total. The molecule has 44 heavy (non-hydrogen) atoms. The Hall–Kier alpha value is -3.68. The van der Waals surface area contributed by atoms with E-state index in [9.17, 15) is 22.7 Å². The molecule has 0 spiro atoms. The molecule has 8 nitrogen and oxygen atoms in total. The predicted molar refractivity (Wildman–Crippen MR) is 164 cm³/mol. The van der Waals surface area contributed by atoms with Gasteiger partial charge in [-0.1, -0.05) is 29.3 Å². The minimum Gasteiger partial charge on any atom is -0.476 e. The number of thiazole rings is 1. The molecule has 0 atom stereocenters. The van der Waals surface area contributed by atoms with Gasteiger partial charge in [-0.25, -0.2) is 36.8 Å². The van der Waals surface area contributed by atoms with Gasteiger partial charge in [-0.3, -0.25) is 0 Å². The second-order valence-corrected chi connectivity index (χ2v) is 13.7. The van der Waals surface area contributed by atoms with E-state index >= 15 is 4.39 Å². The summed E-state index contributed by atoms with van der Waals surface area (Å²) in [6.45, 7) is 0. The van der Waals surface area contributed by atoms with Gasteiger partial charge < -0.3 is 5.11 Å². The van der Waals surface area contributed by atoms with Crippen molar-refractivity contribution in [2.24, 2.45) is 11.1 Å². The average Bonchev–Trinajstić information content (AvgIpc) is 3.50. The third kappa shape index (κ3) is 6.26. The summed E-state index contributed by atoms with van der Waals surface area (Å²) in [5.74, 6) is -2.33. The molecule has 14 heteroatoms. The van der Waals surface area contributed by atoms with E-state index in [0.29, 0.717) is 55.5 Å². The maximum Gasteiger partial charge on any atom is 0.355 e. The molecule has 5 aromatic rings. The Morgan fingerprint density at radius 3 is 2.36 bits per heavy atom. The van der Waals surface area contributed by atoms with Crippen LogP contribution in [0.1, 0.15) is 40.2 Å². The van der Waals surface area contributed by atoms with E-state index in [4.69, 9.17) is 33.4 Å². The number of hydrogen-bond donors (Lipinski definition) is 2. The number of benzene rings is 3. The van der Waals surface area contributed by atoms with Gasteiger partial charge >= 0.3 is 5.97 Å². The molecule has 0 unspecified atom stereocenters. The van der Waals surface area contributed by atoms with Gasteiger partial charge in [-0.05, 0) is 84.8 Å². The molecule has 6 rings (SSSR count). The van der Waals surface area contributed by atoms with Crippen LogP contribution in [0.2, 0.25) is 10.0 Å². The Kier molecular flexibility index (Phi) is 8.05. The number of nitrogens with two attached hydrogens (primary N) is 1. The summed E-state index contributed by atoms with van der Waals surface area (Å²) in [5.41, 5.74) is 3.37. The number of aromatic carboxylic acids is 1. The lowest BCUT2D eigenvalue weighted by molar-refractivity contribution is 0.0691. The second-order valence-electron chi connectivity index (χ2n) is 10.5. The standard InChI is InChI=1S/C30H22Cl2F2N4O4S2/c31-19-10-18(11-20(32)13-19)21-12-17(4-5-23(21)33)28-22(7-16-3-6-27(24(34)8-16)44(35,41)42)26(9-15-1-2-15)38(37-28)30-36-25(14-43-30)29(39)40/h3-6,8,10-15H,1-2,7,9H2,(H,39,40)(H2,35,41,42). The first-order valence-electron chi connectivity index (χ1n) is 13.2. The number of rotatable bonds is 9. The molecule has 1 aliphatic rings. The van der Waals surface area contributed by atoms with Crippen molar-refractivity contribution in [1.29, 1.82) is 0 Å². The molecule has 0 amide bonds. The largest absolute Gasteiger partial charge is 0.476 e. The molecule has 0 saturated heterocycles. The zero-order valence-corrected chi connectivity index (χ0v) is 25.7. The lowest BCUT2D eigenvalue weighted by atomic mass is 9.95. The predicted octanol–water partition coefficient (Wildman–Crippen LogP) is 7.14. The van der Waals surface area contributed by atoms with E-state index < -0.39 is 32.5 Å². The fourth-order valence-corrected chi connectivity index (χ4v) is 6.91. The van der Waals surface area contributed by atoms with E-state index in [2.05, 4.69) is 4.98 Å². The number of carboxylic acid groups (broad SMARTS) is 1. The van der Waals surface area contributed by atoms with Gasteiger partial charge in [0.25, 0.3) is 0 Å². The van der Waals surface area contributed by atoms with Gasteiger partial charge in [0.2, 0.25) is 15.2 Å². The summed E-state index contributed by atoms with van der Waals surface area (Å²) in [6, 6.07) is 12.9. The molecule has 3 aromatic carbocycles. The summed E-state index contributed by atoms with van der Waals surface area (Å²) in [7, 11) is -4.27. The zero-order valence-electron chi connectivity index (χ0n) is 22.6. The number of carboxylic acids is 1. The highest BCUT2D eigenvalue weighted by atomic mass is 35.5. The number of primary sulfonamides is 1. The molecule has 2 aromatic heterocycles. The first kappa shape index (κ1) is 30.4. The fourth-order valence-electron chi connectivity index (χ4n) is 5.02. The summed E-state index contributed by atoms with van der Waals surface area (Å²) in [6.07, 6.45) is 2.70. The van der Waals surface area contributed by atoms with Crippen molar-refractivity contribution < 1.29 is 27.1 Å². The lowest BCUT2D eigenvalue weighted by Gasteiger charge is -2.11. The number of halogens is 4. The van der Waals surface area contributed by atoms with Gasteiger partial charge in [0.05, 0.1) is 11.4 Å². The van der Waals surface area contributed by atoms with Crippen LogP contribution >= 0.6 is 34.5 Å². The highest BCUT2D eigenvalue weighted by Gasteiger charge is 2.30. The highest BCUT2D eigenvalue weighted by Crippen LogP contribution is 2.39. The van der Waals surface area contributed by atoms with Crippen LogP contribution in [0.4, 0.5) is 8.78 Å². The van der Waals surface area contributed by atoms with E-state index in [1.54, 1.807) is 28.9 Å². The number of aromatic nitrogens is 3. The Bertz CT molecular complexity index is 2040. The van der Waals surface area contributed by atoms with Crippen LogP contribution in [-0.2, 0) is 22.9 Å². The maximum absolute atomic E-state index is 15.2. The molecule has 226 valence electrons. The summed E-state index contributed by atoms with van der Waals surface area (Å²) in [5, 5.41) is 21.9. The topological polar surface area (TPSA) is 128 Å². The van der Waals surface area contributed by atoms with Crippen molar-refractivity contribution in [2.75, 3.05) is 0 Å². The van der Waals surface area contributed by atoms with Crippen molar-refractivity contribution in [2.45, 2.75) is 30.6 Å². The molecule has 0 radical (unpaired) electrons. The molecule has 0 bridgehead atoms. The highest BCUT2D eigenvalue weighted by molar-refractivity contribution is 7.89. The molecule has 0 aliphatic heterocycles. The van der Waals surface area contributed by atoms with Crippen molar-refractivity contribution in [1.82, 2.24) is 14.8 Å². The number of sulfonamides is 1. The first-order valence-corrected chi connectivity index (χ1v) is 16.4. The van der Waals surface area contributed by atoms with Crippen LogP contribution in [0, 0.1) is 17.6 Å². The second kappa shape index (κ2) is 11.7. The average molecular weight is 676 g/mol. The minimum absolute atomic E-state index is 0.131. The normalized spacial score (nSPS) is 13.4. The van der Waals surface area contributed by atoms with Crippen LogP contribution in [0.25, 0.3) is 27.5 Å². The van der Waals surface area contributed by atoms with Gasteiger partial charge in [-0.2, -0.15) is 5.10 Å². The van der Waals surface area contributed by atoms with Gasteiger partial charge in [-0.15, -0.1) is 11.3 Å². The van der Waals surface area contributed by atoms with Crippen LogP contribution in [0.15, 0.2) is 64.9 Å². The van der Waals surface area contributed by atoms with Crippen LogP contribution in [0.5, 0.6) is 0 Å². The van der Waals surface area contributed by atoms with Crippen LogP contribution in [-0.4, -0.2) is 34.3 Å². The van der Waals surface area contributed by atoms with Crippen LogP contribution in [0.3, 0.4) is 0 Å². The number of hydrogen-bond acceptors (Lipinski definition) is 6. The summed E-state index contributed by atoms with van der Waals surface area (Å²) < 4.78 is 55.3. The molecular formula is C30H22Cl2F2N4O4S2.